The highest BCUT2D eigenvalue weighted by Gasteiger charge is 1.95. The molecule has 0 radical (unpaired) electrons. The Bertz CT molecular complexity index is 713. The molecule has 0 fully saturated rings. The molecule has 0 aliphatic rings. The maximum absolute atomic E-state index is 5.79. The van der Waals surface area contributed by atoms with Gasteiger partial charge in [0, 0.05) is 0 Å². The van der Waals surface area contributed by atoms with E-state index in [-0.39, 0.29) is 0 Å². The molecule has 0 aromatic heterocycles. The minimum atomic E-state index is 0.597. The Kier molecular flexibility index (Phi) is 4.68. The van der Waals surface area contributed by atoms with E-state index in [4.69, 9.17) is 4.74 Å². The van der Waals surface area contributed by atoms with Crippen LogP contribution >= 0.6 is 0 Å². The molecule has 0 bridgehead atoms. The summed E-state index contributed by atoms with van der Waals surface area (Å²) >= 11 is 0. The van der Waals surface area contributed by atoms with Gasteiger partial charge in [-0.3, -0.25) is 0 Å². The Hall–Kier alpha value is -2.80. The number of benzene rings is 3. The molecule has 1 heteroatoms. The molecule has 3 rings (SSSR count). The van der Waals surface area contributed by atoms with Crippen molar-refractivity contribution >= 4 is 12.2 Å². The van der Waals surface area contributed by atoms with Crippen LogP contribution in [0.4, 0.5) is 0 Å². The molecular formula is C21H18O. The van der Waals surface area contributed by atoms with Crippen LogP contribution in [0.3, 0.4) is 0 Å². The molecule has 0 atom stereocenters. The lowest BCUT2D eigenvalue weighted by atomic mass is 10.1. The van der Waals surface area contributed by atoms with E-state index < -0.39 is 0 Å². The fraction of sp³-hybridized carbons (Fsp3) is 0.0476. The van der Waals surface area contributed by atoms with Gasteiger partial charge in [0.1, 0.15) is 12.4 Å². The van der Waals surface area contributed by atoms with Crippen molar-refractivity contribution in [2.24, 2.45) is 0 Å². The molecule has 3 aromatic rings. The lowest BCUT2D eigenvalue weighted by Gasteiger charge is -2.06. The van der Waals surface area contributed by atoms with Crippen molar-refractivity contribution < 1.29 is 4.74 Å². The average molecular weight is 286 g/mol. The molecule has 0 N–H and O–H groups in total. The smallest absolute Gasteiger partial charge is 0.119 e. The molecule has 0 amide bonds. The first-order valence-electron chi connectivity index (χ1n) is 7.40. The lowest BCUT2D eigenvalue weighted by Crippen LogP contribution is -1.94. The fourth-order valence-corrected chi connectivity index (χ4v) is 2.17. The van der Waals surface area contributed by atoms with Crippen LogP contribution in [-0.2, 0) is 6.61 Å². The molecule has 1 nitrogen and oxygen atoms in total. The van der Waals surface area contributed by atoms with E-state index >= 15 is 0 Å². The van der Waals surface area contributed by atoms with Crippen LogP contribution in [-0.4, -0.2) is 0 Å². The molecule has 22 heavy (non-hydrogen) atoms. The summed E-state index contributed by atoms with van der Waals surface area (Å²) in [6.07, 6.45) is 4.22. The van der Waals surface area contributed by atoms with Gasteiger partial charge >= 0.3 is 0 Å². The maximum Gasteiger partial charge on any atom is 0.119 e. The van der Waals surface area contributed by atoms with Crippen LogP contribution in [0.1, 0.15) is 16.7 Å². The van der Waals surface area contributed by atoms with Crippen LogP contribution in [0, 0.1) is 0 Å². The quantitative estimate of drug-likeness (QED) is 0.568. The number of hydrogen-bond acceptors (Lipinski definition) is 1. The molecule has 0 saturated heterocycles. The third kappa shape index (κ3) is 4.10. The Morgan fingerprint density at radius 3 is 1.77 bits per heavy atom. The van der Waals surface area contributed by atoms with Crippen molar-refractivity contribution in [1.29, 1.82) is 0 Å². The van der Waals surface area contributed by atoms with Crippen molar-refractivity contribution in [3.8, 4) is 5.75 Å². The van der Waals surface area contributed by atoms with E-state index in [1.807, 2.05) is 48.5 Å². The van der Waals surface area contributed by atoms with Crippen molar-refractivity contribution in [3.63, 3.8) is 0 Å². The Morgan fingerprint density at radius 1 is 0.591 bits per heavy atom. The van der Waals surface area contributed by atoms with E-state index in [2.05, 4.69) is 48.6 Å². The largest absolute Gasteiger partial charge is 0.489 e. The Balaban J connectivity index is 1.59. The summed E-state index contributed by atoms with van der Waals surface area (Å²) < 4.78 is 5.79. The second-order valence-corrected chi connectivity index (χ2v) is 5.09. The van der Waals surface area contributed by atoms with Gasteiger partial charge in [-0.05, 0) is 28.8 Å². The van der Waals surface area contributed by atoms with E-state index in [0.29, 0.717) is 6.61 Å². The summed E-state index contributed by atoms with van der Waals surface area (Å²) in [6, 6.07) is 28.6. The van der Waals surface area contributed by atoms with Crippen molar-refractivity contribution in [3.05, 3.63) is 102 Å². The van der Waals surface area contributed by atoms with Crippen molar-refractivity contribution in [2.75, 3.05) is 0 Å². The first kappa shape index (κ1) is 14.2. The Labute approximate surface area is 131 Å². The minimum Gasteiger partial charge on any atom is -0.489 e. The Morgan fingerprint density at radius 2 is 1.14 bits per heavy atom. The molecular weight excluding hydrogens is 268 g/mol. The van der Waals surface area contributed by atoms with E-state index in [1.54, 1.807) is 0 Å². The van der Waals surface area contributed by atoms with E-state index in [9.17, 15) is 0 Å². The second-order valence-electron chi connectivity index (χ2n) is 5.09. The first-order valence-corrected chi connectivity index (χ1v) is 7.40. The molecule has 0 aliphatic carbocycles. The topological polar surface area (TPSA) is 9.23 Å². The number of ether oxygens (including phenoxy) is 1. The van der Waals surface area contributed by atoms with Crippen LogP contribution in [0.2, 0.25) is 0 Å². The average Bonchev–Trinajstić information content (AvgIpc) is 2.61. The van der Waals surface area contributed by atoms with E-state index in [0.717, 1.165) is 11.3 Å². The summed E-state index contributed by atoms with van der Waals surface area (Å²) in [4.78, 5) is 0. The monoisotopic (exact) mass is 286 g/mol. The summed E-state index contributed by atoms with van der Waals surface area (Å²) in [5.74, 6) is 0.890. The highest BCUT2D eigenvalue weighted by molar-refractivity contribution is 5.69. The van der Waals surface area contributed by atoms with Crippen molar-refractivity contribution in [1.82, 2.24) is 0 Å². The third-order valence-corrected chi connectivity index (χ3v) is 3.40. The fourth-order valence-electron chi connectivity index (χ4n) is 2.17. The van der Waals surface area contributed by atoms with Gasteiger partial charge in [-0.2, -0.15) is 0 Å². The second kappa shape index (κ2) is 7.28. The SMILES string of the molecule is C(=Cc1ccc(OCc2ccccc2)cc1)c1ccccc1. The van der Waals surface area contributed by atoms with Gasteiger partial charge in [-0.15, -0.1) is 0 Å². The molecule has 0 aliphatic heterocycles. The normalized spacial score (nSPS) is 10.7. The molecule has 3 aromatic carbocycles. The molecule has 0 spiro atoms. The zero-order chi connectivity index (χ0) is 15.0. The minimum absolute atomic E-state index is 0.597. The lowest BCUT2D eigenvalue weighted by molar-refractivity contribution is 0.306. The first-order chi connectivity index (χ1) is 10.9. The standard InChI is InChI=1S/C21H18O/c1-3-7-18(8-4-1)11-12-19-13-15-21(16-14-19)22-17-20-9-5-2-6-10-20/h1-16H,17H2. The maximum atomic E-state index is 5.79. The van der Waals surface area contributed by atoms with Gasteiger partial charge in [0.2, 0.25) is 0 Å². The summed E-state index contributed by atoms with van der Waals surface area (Å²) in [7, 11) is 0. The molecule has 0 heterocycles. The molecule has 108 valence electrons. The zero-order valence-electron chi connectivity index (χ0n) is 12.4. The zero-order valence-corrected chi connectivity index (χ0v) is 12.4. The van der Waals surface area contributed by atoms with Gasteiger partial charge < -0.3 is 4.74 Å². The van der Waals surface area contributed by atoms with Crippen LogP contribution in [0.25, 0.3) is 12.2 Å². The van der Waals surface area contributed by atoms with Crippen molar-refractivity contribution in [2.45, 2.75) is 6.61 Å². The summed E-state index contributed by atoms with van der Waals surface area (Å²) in [6.45, 7) is 0.597. The van der Waals surface area contributed by atoms with Gasteiger partial charge in [0.25, 0.3) is 0 Å². The van der Waals surface area contributed by atoms with E-state index in [1.165, 1.54) is 11.1 Å². The third-order valence-electron chi connectivity index (χ3n) is 3.40. The summed E-state index contributed by atoms with van der Waals surface area (Å²) in [5, 5.41) is 0. The predicted molar refractivity (Wildman–Crippen MR) is 92.6 cm³/mol. The van der Waals surface area contributed by atoms with Gasteiger partial charge in [0.15, 0.2) is 0 Å². The highest BCUT2D eigenvalue weighted by atomic mass is 16.5. The van der Waals surface area contributed by atoms with Gasteiger partial charge in [-0.1, -0.05) is 84.9 Å². The van der Waals surface area contributed by atoms with Crippen LogP contribution < -0.4 is 4.74 Å². The van der Waals surface area contributed by atoms with Gasteiger partial charge in [0.05, 0.1) is 0 Å². The highest BCUT2D eigenvalue weighted by Crippen LogP contribution is 2.16. The van der Waals surface area contributed by atoms with Crippen LogP contribution in [0.5, 0.6) is 5.75 Å². The van der Waals surface area contributed by atoms with Crippen LogP contribution in [0.15, 0.2) is 84.9 Å². The predicted octanol–water partition coefficient (Wildman–Crippen LogP) is 5.44. The number of hydrogen-bond donors (Lipinski definition) is 0. The molecule has 0 saturated carbocycles. The number of rotatable bonds is 5. The van der Waals surface area contributed by atoms with Gasteiger partial charge in [-0.25, -0.2) is 0 Å². The summed E-state index contributed by atoms with van der Waals surface area (Å²) in [5.41, 5.74) is 3.54. The molecule has 0 unspecified atom stereocenters.